The first-order valence-corrected chi connectivity index (χ1v) is 8.37. The molecule has 2 aromatic rings. The van der Waals surface area contributed by atoms with Crippen LogP contribution in [0.4, 0.5) is 5.69 Å². The Labute approximate surface area is 135 Å². The van der Waals surface area contributed by atoms with Crippen molar-refractivity contribution in [3.8, 4) is 0 Å². The van der Waals surface area contributed by atoms with Crippen molar-refractivity contribution < 1.29 is 18.3 Å². The highest BCUT2D eigenvalue weighted by molar-refractivity contribution is 7.89. The number of nitrogens with one attached hydrogen (secondary N) is 1. The molecule has 0 heterocycles. The predicted octanol–water partition coefficient (Wildman–Crippen LogP) is 1.86. The highest BCUT2D eigenvalue weighted by Gasteiger charge is 2.27. The molecule has 0 saturated carbocycles. The van der Waals surface area contributed by atoms with Crippen molar-refractivity contribution in [2.75, 3.05) is 19.0 Å². The van der Waals surface area contributed by atoms with Crippen molar-refractivity contribution in [3.63, 3.8) is 0 Å². The number of hydrogen-bond donors (Lipinski definition) is 2. The maximum absolute atomic E-state index is 12.5. The quantitative estimate of drug-likeness (QED) is 0.842. The number of nitrogens with zero attached hydrogens (tertiary/aromatic N) is 1. The normalized spacial score (nSPS) is 12.6. The van der Waals surface area contributed by atoms with Gasteiger partial charge in [0.25, 0.3) is 0 Å². The molecule has 0 saturated heterocycles. The van der Waals surface area contributed by atoms with E-state index in [4.69, 9.17) is 0 Å². The Kier molecular flexibility index (Phi) is 5.02. The minimum absolute atomic E-state index is 0.0193. The second-order valence-electron chi connectivity index (χ2n) is 5.20. The molecule has 0 aliphatic rings. The molecule has 0 fully saturated rings. The summed E-state index contributed by atoms with van der Waals surface area (Å²) in [4.78, 5) is 13.2. The second kappa shape index (κ2) is 6.80. The van der Waals surface area contributed by atoms with E-state index in [0.717, 1.165) is 0 Å². The maximum Gasteiger partial charge on any atom is 0.326 e. The lowest BCUT2D eigenvalue weighted by Gasteiger charge is -2.17. The molecule has 0 aliphatic heterocycles. The monoisotopic (exact) mass is 334 g/mol. The van der Waals surface area contributed by atoms with Crippen molar-refractivity contribution in [2.45, 2.75) is 10.9 Å². The van der Waals surface area contributed by atoms with Crippen LogP contribution in [-0.2, 0) is 14.8 Å². The number of sulfonamides is 1. The third kappa shape index (κ3) is 4.08. The number of hydrogen-bond acceptors (Lipinski definition) is 4. The number of carbonyl (C=O) groups is 1. The fourth-order valence-electron chi connectivity index (χ4n) is 2.06. The van der Waals surface area contributed by atoms with Crippen LogP contribution in [0.25, 0.3) is 0 Å². The Morgan fingerprint density at radius 3 is 2.30 bits per heavy atom. The standard InChI is InChI=1S/C16H18N2O4S/c1-18(2)13-9-6-10-14(11-13)23(21,22)17-15(16(19)20)12-7-4-3-5-8-12/h3-11,15,17H,1-2H3,(H,19,20)/t15-/m0/s1. The molecular formula is C16H18N2O4S. The van der Waals surface area contributed by atoms with Crippen molar-refractivity contribution >= 4 is 21.7 Å². The van der Waals surface area contributed by atoms with Crippen LogP contribution in [-0.4, -0.2) is 33.6 Å². The van der Waals surface area contributed by atoms with E-state index in [1.165, 1.54) is 12.1 Å². The topological polar surface area (TPSA) is 86.7 Å². The van der Waals surface area contributed by atoms with Gasteiger partial charge in [-0.1, -0.05) is 36.4 Å². The Bertz CT molecular complexity index is 789. The van der Waals surface area contributed by atoms with Gasteiger partial charge < -0.3 is 10.0 Å². The molecule has 6 nitrogen and oxygen atoms in total. The van der Waals surface area contributed by atoms with Gasteiger partial charge in [-0.15, -0.1) is 0 Å². The van der Waals surface area contributed by atoms with E-state index in [1.807, 2.05) is 0 Å². The van der Waals surface area contributed by atoms with E-state index in [-0.39, 0.29) is 4.90 Å². The molecule has 0 aliphatic carbocycles. The van der Waals surface area contributed by atoms with Gasteiger partial charge in [-0.05, 0) is 23.8 Å². The lowest BCUT2D eigenvalue weighted by molar-refractivity contribution is -0.139. The van der Waals surface area contributed by atoms with E-state index in [9.17, 15) is 18.3 Å². The molecular weight excluding hydrogens is 316 g/mol. The second-order valence-corrected chi connectivity index (χ2v) is 6.91. The summed E-state index contributed by atoms with van der Waals surface area (Å²) in [6, 6.07) is 13.1. The van der Waals surface area contributed by atoms with E-state index in [2.05, 4.69) is 4.72 Å². The minimum Gasteiger partial charge on any atom is -0.480 e. The van der Waals surface area contributed by atoms with Gasteiger partial charge in [0.15, 0.2) is 0 Å². The lowest BCUT2D eigenvalue weighted by atomic mass is 10.1. The Morgan fingerprint density at radius 1 is 1.09 bits per heavy atom. The summed E-state index contributed by atoms with van der Waals surface area (Å²) in [5.41, 5.74) is 1.08. The van der Waals surface area contributed by atoms with Gasteiger partial charge >= 0.3 is 5.97 Å². The zero-order chi connectivity index (χ0) is 17.0. The van der Waals surface area contributed by atoms with E-state index >= 15 is 0 Å². The molecule has 1 atom stereocenters. The fourth-order valence-corrected chi connectivity index (χ4v) is 3.28. The molecule has 2 N–H and O–H groups in total. The molecule has 0 bridgehead atoms. The molecule has 0 unspecified atom stereocenters. The van der Waals surface area contributed by atoms with Crippen LogP contribution < -0.4 is 9.62 Å². The molecule has 2 aromatic carbocycles. The minimum atomic E-state index is -3.97. The summed E-state index contributed by atoms with van der Waals surface area (Å²) >= 11 is 0. The van der Waals surface area contributed by atoms with Crippen LogP contribution in [0.3, 0.4) is 0 Å². The average molecular weight is 334 g/mol. The SMILES string of the molecule is CN(C)c1cccc(S(=O)(=O)N[C@H](C(=O)O)c2ccccc2)c1. The first-order valence-electron chi connectivity index (χ1n) is 6.89. The van der Waals surface area contributed by atoms with Crippen molar-refractivity contribution in [1.82, 2.24) is 4.72 Å². The third-order valence-corrected chi connectivity index (χ3v) is 4.72. The van der Waals surface area contributed by atoms with Gasteiger partial charge in [-0.25, -0.2) is 8.42 Å². The Balaban J connectivity index is 2.36. The molecule has 7 heteroatoms. The van der Waals surface area contributed by atoms with Gasteiger partial charge in [0, 0.05) is 19.8 Å². The van der Waals surface area contributed by atoms with Gasteiger partial charge in [0.2, 0.25) is 10.0 Å². The number of rotatable bonds is 6. The summed E-state index contributed by atoms with van der Waals surface area (Å²) in [6.45, 7) is 0. The maximum atomic E-state index is 12.5. The number of aliphatic carboxylic acids is 1. The fraction of sp³-hybridized carbons (Fsp3) is 0.188. The number of benzene rings is 2. The van der Waals surface area contributed by atoms with Crippen molar-refractivity contribution in [3.05, 3.63) is 60.2 Å². The zero-order valence-corrected chi connectivity index (χ0v) is 13.6. The number of carboxylic acid groups (broad SMARTS) is 1. The first kappa shape index (κ1) is 17.0. The molecule has 0 radical (unpaired) electrons. The summed E-state index contributed by atoms with van der Waals surface area (Å²) < 4.78 is 27.3. The van der Waals surface area contributed by atoms with Crippen LogP contribution >= 0.6 is 0 Å². The summed E-state index contributed by atoms with van der Waals surface area (Å²) in [5.74, 6) is -1.26. The van der Waals surface area contributed by atoms with E-state index in [0.29, 0.717) is 11.3 Å². The zero-order valence-electron chi connectivity index (χ0n) is 12.8. The largest absolute Gasteiger partial charge is 0.480 e. The van der Waals surface area contributed by atoms with E-state index in [1.54, 1.807) is 61.5 Å². The molecule has 0 spiro atoms. The molecule has 0 amide bonds. The first-order chi connectivity index (χ1) is 10.8. The lowest BCUT2D eigenvalue weighted by Crippen LogP contribution is -2.33. The highest BCUT2D eigenvalue weighted by atomic mass is 32.2. The van der Waals surface area contributed by atoms with Gasteiger partial charge in [-0.2, -0.15) is 4.72 Å². The highest BCUT2D eigenvalue weighted by Crippen LogP contribution is 2.21. The van der Waals surface area contributed by atoms with Crippen LogP contribution in [0.15, 0.2) is 59.5 Å². The van der Waals surface area contributed by atoms with Crippen molar-refractivity contribution in [2.24, 2.45) is 0 Å². The summed E-state index contributed by atoms with van der Waals surface area (Å²) in [6.07, 6.45) is 0. The summed E-state index contributed by atoms with van der Waals surface area (Å²) in [7, 11) is -0.377. The van der Waals surface area contributed by atoms with Crippen LogP contribution in [0, 0.1) is 0 Å². The van der Waals surface area contributed by atoms with Crippen molar-refractivity contribution in [1.29, 1.82) is 0 Å². The van der Waals surface area contributed by atoms with Gasteiger partial charge in [0.1, 0.15) is 6.04 Å². The Hall–Kier alpha value is -2.38. The van der Waals surface area contributed by atoms with E-state index < -0.39 is 22.0 Å². The third-order valence-electron chi connectivity index (χ3n) is 3.30. The average Bonchev–Trinajstić information content (AvgIpc) is 2.53. The molecule has 2 rings (SSSR count). The van der Waals surface area contributed by atoms with Crippen LogP contribution in [0.1, 0.15) is 11.6 Å². The number of anilines is 1. The predicted molar refractivity (Wildman–Crippen MR) is 87.9 cm³/mol. The molecule has 23 heavy (non-hydrogen) atoms. The van der Waals surface area contributed by atoms with Gasteiger partial charge in [-0.3, -0.25) is 4.79 Å². The molecule has 122 valence electrons. The Morgan fingerprint density at radius 2 is 1.74 bits per heavy atom. The number of carboxylic acids is 1. The molecule has 0 aromatic heterocycles. The van der Waals surface area contributed by atoms with Crippen LogP contribution in [0.2, 0.25) is 0 Å². The van der Waals surface area contributed by atoms with Gasteiger partial charge in [0.05, 0.1) is 4.90 Å². The summed E-state index contributed by atoms with van der Waals surface area (Å²) in [5, 5.41) is 9.34. The van der Waals surface area contributed by atoms with Crippen LogP contribution in [0.5, 0.6) is 0 Å². The smallest absolute Gasteiger partial charge is 0.326 e.